The average molecular weight is 202 g/mol. The van der Waals surface area contributed by atoms with Crippen molar-refractivity contribution in [2.75, 3.05) is 39.4 Å². The third-order valence-electron chi connectivity index (χ3n) is 2.07. The van der Waals surface area contributed by atoms with Gasteiger partial charge < -0.3 is 15.4 Å². The van der Waals surface area contributed by atoms with Gasteiger partial charge in [0.2, 0.25) is 0 Å². The molecule has 86 valence electrons. The molecule has 0 saturated heterocycles. The lowest BCUT2D eigenvalue weighted by atomic mass is 10.2. The predicted octanol–water partition coefficient (Wildman–Crippen LogP) is 1.39. The molecule has 2 N–H and O–H groups in total. The van der Waals surface area contributed by atoms with Gasteiger partial charge in [0.25, 0.3) is 0 Å². The second-order valence-corrected chi connectivity index (χ2v) is 3.38. The van der Waals surface area contributed by atoms with Gasteiger partial charge in [0, 0.05) is 13.2 Å². The van der Waals surface area contributed by atoms with Crippen LogP contribution in [0.15, 0.2) is 0 Å². The van der Waals surface area contributed by atoms with Gasteiger partial charge >= 0.3 is 0 Å². The summed E-state index contributed by atoms with van der Waals surface area (Å²) in [6, 6.07) is 0. The lowest BCUT2D eigenvalue weighted by molar-refractivity contribution is 0.132. The van der Waals surface area contributed by atoms with Gasteiger partial charge in [-0.3, -0.25) is 0 Å². The van der Waals surface area contributed by atoms with Crippen LogP contribution in [-0.4, -0.2) is 39.4 Å². The molecule has 0 unspecified atom stereocenters. The number of unbranched alkanes of at least 4 members (excludes halogenated alkanes) is 2. The van der Waals surface area contributed by atoms with E-state index < -0.39 is 0 Å². The van der Waals surface area contributed by atoms with Crippen LogP contribution in [0.5, 0.6) is 0 Å². The largest absolute Gasteiger partial charge is 0.380 e. The molecule has 0 aromatic heterocycles. The number of ether oxygens (including phenoxy) is 1. The van der Waals surface area contributed by atoms with E-state index in [0.29, 0.717) is 0 Å². The fourth-order valence-corrected chi connectivity index (χ4v) is 1.23. The molecule has 3 nitrogen and oxygen atoms in total. The Morgan fingerprint density at radius 3 is 2.21 bits per heavy atom. The van der Waals surface area contributed by atoms with Gasteiger partial charge in [-0.2, -0.15) is 0 Å². The quantitative estimate of drug-likeness (QED) is 0.497. The maximum atomic E-state index is 5.46. The normalized spacial score (nSPS) is 10.7. The van der Waals surface area contributed by atoms with Crippen molar-refractivity contribution in [3.8, 4) is 0 Å². The summed E-state index contributed by atoms with van der Waals surface area (Å²) in [6.45, 7) is 10.3. The Balaban J connectivity index is 2.78. The van der Waals surface area contributed by atoms with E-state index >= 15 is 0 Å². The minimum Gasteiger partial charge on any atom is -0.380 e. The van der Waals surface area contributed by atoms with E-state index in [4.69, 9.17) is 4.74 Å². The minimum atomic E-state index is 0.848. The minimum absolute atomic E-state index is 0.848. The Kier molecular flexibility index (Phi) is 12.8. The van der Waals surface area contributed by atoms with Gasteiger partial charge in [0.05, 0.1) is 6.61 Å². The van der Waals surface area contributed by atoms with Crippen molar-refractivity contribution >= 4 is 0 Å². The summed E-state index contributed by atoms with van der Waals surface area (Å²) in [5.41, 5.74) is 0. The van der Waals surface area contributed by atoms with Crippen LogP contribution in [0.2, 0.25) is 0 Å². The highest BCUT2D eigenvalue weighted by Crippen LogP contribution is 1.94. The van der Waals surface area contributed by atoms with Gasteiger partial charge in [-0.15, -0.1) is 0 Å². The molecule has 0 heterocycles. The summed E-state index contributed by atoms with van der Waals surface area (Å²) in [6.07, 6.45) is 3.73. The van der Waals surface area contributed by atoms with Crippen LogP contribution in [0.4, 0.5) is 0 Å². The molecule has 0 bridgehead atoms. The zero-order chi connectivity index (χ0) is 10.5. The first-order chi connectivity index (χ1) is 6.91. The monoisotopic (exact) mass is 202 g/mol. The third-order valence-corrected chi connectivity index (χ3v) is 2.07. The lowest BCUT2D eigenvalue weighted by Gasteiger charge is -2.04. The maximum Gasteiger partial charge on any atom is 0.0590 e. The molecule has 0 aliphatic rings. The molecule has 0 atom stereocenters. The predicted molar refractivity (Wildman–Crippen MR) is 61.8 cm³/mol. The molecule has 3 heteroatoms. The summed E-state index contributed by atoms with van der Waals surface area (Å²) in [5, 5.41) is 6.55. The zero-order valence-corrected chi connectivity index (χ0v) is 9.77. The molecule has 0 aromatic carbocycles. The number of likely N-dealkylation sites (N-methyl/N-ethyl adjacent to an activating group) is 1. The van der Waals surface area contributed by atoms with Crippen molar-refractivity contribution in [3.05, 3.63) is 0 Å². The van der Waals surface area contributed by atoms with Gasteiger partial charge in [-0.25, -0.2) is 0 Å². The molecule has 0 saturated carbocycles. The SMILES string of the molecule is CCNCCCCCOCCNCC. The highest BCUT2D eigenvalue weighted by molar-refractivity contribution is 4.46. The Bertz CT molecular complexity index is 87.3. The van der Waals surface area contributed by atoms with Crippen LogP contribution in [-0.2, 0) is 4.74 Å². The van der Waals surface area contributed by atoms with E-state index in [1.54, 1.807) is 0 Å². The van der Waals surface area contributed by atoms with Crippen molar-refractivity contribution in [2.45, 2.75) is 33.1 Å². The molecule has 0 amide bonds. The first-order valence-corrected chi connectivity index (χ1v) is 5.91. The lowest BCUT2D eigenvalue weighted by Crippen LogP contribution is -2.19. The third kappa shape index (κ3) is 11.9. The Hall–Kier alpha value is -0.120. The highest BCUT2D eigenvalue weighted by atomic mass is 16.5. The van der Waals surface area contributed by atoms with Crippen LogP contribution >= 0.6 is 0 Å². The van der Waals surface area contributed by atoms with E-state index in [9.17, 15) is 0 Å². The molecule has 0 spiro atoms. The van der Waals surface area contributed by atoms with Crippen molar-refractivity contribution in [1.29, 1.82) is 0 Å². The number of hydrogen-bond donors (Lipinski definition) is 2. The summed E-state index contributed by atoms with van der Waals surface area (Å²) < 4.78 is 5.46. The zero-order valence-electron chi connectivity index (χ0n) is 9.77. The smallest absolute Gasteiger partial charge is 0.0590 e. The number of nitrogens with one attached hydrogen (secondary N) is 2. The van der Waals surface area contributed by atoms with Gasteiger partial charge in [-0.05, 0) is 38.9 Å². The van der Waals surface area contributed by atoms with Gasteiger partial charge in [-0.1, -0.05) is 13.8 Å². The summed E-state index contributed by atoms with van der Waals surface area (Å²) in [5.74, 6) is 0. The van der Waals surface area contributed by atoms with Crippen molar-refractivity contribution in [3.63, 3.8) is 0 Å². The van der Waals surface area contributed by atoms with E-state index in [1.807, 2.05) is 0 Å². The van der Waals surface area contributed by atoms with E-state index in [0.717, 1.165) is 39.4 Å². The Morgan fingerprint density at radius 2 is 1.50 bits per heavy atom. The van der Waals surface area contributed by atoms with Crippen LogP contribution in [0, 0.1) is 0 Å². The molecule has 0 aromatic rings. The molecule has 0 radical (unpaired) electrons. The van der Waals surface area contributed by atoms with E-state index in [2.05, 4.69) is 24.5 Å². The maximum absolute atomic E-state index is 5.46. The topological polar surface area (TPSA) is 33.3 Å². The highest BCUT2D eigenvalue weighted by Gasteiger charge is 1.90. The van der Waals surface area contributed by atoms with E-state index in [-0.39, 0.29) is 0 Å². The molecular formula is C11H26N2O. The Morgan fingerprint density at radius 1 is 0.786 bits per heavy atom. The van der Waals surface area contributed by atoms with Crippen LogP contribution < -0.4 is 10.6 Å². The average Bonchev–Trinajstić information content (AvgIpc) is 2.21. The summed E-state index contributed by atoms with van der Waals surface area (Å²) in [7, 11) is 0. The van der Waals surface area contributed by atoms with Crippen LogP contribution in [0.25, 0.3) is 0 Å². The molecule has 0 rings (SSSR count). The molecule has 0 fully saturated rings. The molecular weight excluding hydrogens is 176 g/mol. The summed E-state index contributed by atoms with van der Waals surface area (Å²) >= 11 is 0. The van der Waals surface area contributed by atoms with E-state index in [1.165, 1.54) is 19.3 Å². The van der Waals surface area contributed by atoms with Gasteiger partial charge in [0.15, 0.2) is 0 Å². The second kappa shape index (κ2) is 12.9. The second-order valence-electron chi connectivity index (χ2n) is 3.38. The van der Waals surface area contributed by atoms with Crippen molar-refractivity contribution < 1.29 is 4.74 Å². The molecule has 0 aliphatic carbocycles. The first kappa shape index (κ1) is 13.9. The molecule has 0 aliphatic heterocycles. The first-order valence-electron chi connectivity index (χ1n) is 5.91. The number of rotatable bonds is 11. The summed E-state index contributed by atoms with van der Waals surface area (Å²) in [4.78, 5) is 0. The number of hydrogen-bond acceptors (Lipinski definition) is 3. The standard InChI is InChI=1S/C11H26N2O/c1-3-12-8-6-5-7-10-14-11-9-13-4-2/h12-13H,3-11H2,1-2H3. The van der Waals surface area contributed by atoms with Crippen LogP contribution in [0.3, 0.4) is 0 Å². The fraction of sp³-hybridized carbons (Fsp3) is 1.00. The van der Waals surface area contributed by atoms with Crippen molar-refractivity contribution in [2.24, 2.45) is 0 Å². The molecule has 14 heavy (non-hydrogen) atoms. The van der Waals surface area contributed by atoms with Crippen molar-refractivity contribution in [1.82, 2.24) is 10.6 Å². The van der Waals surface area contributed by atoms with Gasteiger partial charge in [0.1, 0.15) is 0 Å². The fourth-order valence-electron chi connectivity index (χ4n) is 1.23. The Labute approximate surface area is 88.6 Å². The van der Waals surface area contributed by atoms with Crippen LogP contribution in [0.1, 0.15) is 33.1 Å².